The van der Waals surface area contributed by atoms with Gasteiger partial charge in [-0.15, -0.1) is 21.5 Å². The molecule has 0 saturated carbocycles. The first-order valence-electron chi connectivity index (χ1n) is 5.91. The molecule has 0 aliphatic heterocycles. The van der Waals surface area contributed by atoms with Gasteiger partial charge in [-0.05, 0) is 18.2 Å². The largest absolute Gasteiger partial charge is 0.236 e. The van der Waals surface area contributed by atoms with Crippen LogP contribution in [0.25, 0.3) is 31.7 Å². The fourth-order valence-electron chi connectivity index (χ4n) is 2.10. The number of hydrogen-bond donors (Lipinski definition) is 0. The van der Waals surface area contributed by atoms with Gasteiger partial charge < -0.3 is 0 Å². The summed E-state index contributed by atoms with van der Waals surface area (Å²) in [5, 5.41) is 10.0. The van der Waals surface area contributed by atoms with Crippen molar-refractivity contribution in [2.24, 2.45) is 0 Å². The number of thiazole rings is 1. The van der Waals surface area contributed by atoms with Gasteiger partial charge in [-0.3, -0.25) is 0 Å². The van der Waals surface area contributed by atoms with Crippen LogP contribution in [0.15, 0.2) is 48.5 Å². The van der Waals surface area contributed by atoms with Gasteiger partial charge in [0.2, 0.25) is 0 Å². The summed E-state index contributed by atoms with van der Waals surface area (Å²) in [4.78, 5) is 4.65. The third-order valence-electron chi connectivity index (χ3n) is 3.00. The summed E-state index contributed by atoms with van der Waals surface area (Å²) in [6.07, 6.45) is 2.98. The topological polar surface area (TPSA) is 38.7 Å². The number of fused-ring (bicyclic) bond motifs is 2. The van der Waals surface area contributed by atoms with Crippen LogP contribution < -0.4 is 0 Å². The van der Waals surface area contributed by atoms with E-state index in [-0.39, 0.29) is 0 Å². The standard InChI is InChI=1S/C15H8N3S/c1-2-6-12-10(5-1)11(9-16-18-12)15-17-13-7-3-4-8-14(13)19-15/h1-8H. The Balaban J connectivity index is 2.03. The Morgan fingerprint density at radius 2 is 1.68 bits per heavy atom. The van der Waals surface area contributed by atoms with E-state index in [1.165, 1.54) is 4.70 Å². The van der Waals surface area contributed by atoms with Gasteiger partial charge in [0, 0.05) is 10.9 Å². The van der Waals surface area contributed by atoms with E-state index in [4.69, 9.17) is 0 Å². The highest BCUT2D eigenvalue weighted by molar-refractivity contribution is 7.21. The van der Waals surface area contributed by atoms with Crippen LogP contribution in [0, 0.1) is 6.20 Å². The lowest BCUT2D eigenvalue weighted by Gasteiger charge is -1.99. The van der Waals surface area contributed by atoms with E-state index in [1.54, 1.807) is 11.3 Å². The Bertz CT molecular complexity index is 844. The van der Waals surface area contributed by atoms with E-state index in [2.05, 4.69) is 27.4 Å². The van der Waals surface area contributed by atoms with Crippen molar-refractivity contribution in [2.75, 3.05) is 0 Å². The molecular weight excluding hydrogens is 254 g/mol. The molecule has 0 atom stereocenters. The fraction of sp³-hybridized carbons (Fsp3) is 0. The van der Waals surface area contributed by atoms with Crippen LogP contribution in [-0.4, -0.2) is 15.2 Å². The Hall–Kier alpha value is -2.33. The minimum absolute atomic E-state index is 0.871. The van der Waals surface area contributed by atoms with Crippen molar-refractivity contribution in [3.63, 3.8) is 0 Å². The molecule has 2 aromatic carbocycles. The number of hydrogen-bond acceptors (Lipinski definition) is 4. The number of para-hydroxylation sites is 1. The smallest absolute Gasteiger partial charge is 0.127 e. The quantitative estimate of drug-likeness (QED) is 0.525. The highest BCUT2D eigenvalue weighted by Crippen LogP contribution is 2.32. The normalized spacial score (nSPS) is 11.2. The third-order valence-corrected chi connectivity index (χ3v) is 4.05. The van der Waals surface area contributed by atoms with Crippen molar-refractivity contribution in [2.45, 2.75) is 0 Å². The fourth-order valence-corrected chi connectivity index (χ4v) is 3.08. The lowest BCUT2D eigenvalue weighted by molar-refractivity contribution is 1.07. The minimum atomic E-state index is 0.871. The molecule has 89 valence electrons. The Morgan fingerprint density at radius 3 is 2.58 bits per heavy atom. The second kappa shape index (κ2) is 4.10. The molecule has 4 heteroatoms. The van der Waals surface area contributed by atoms with Crippen LogP contribution in [0.5, 0.6) is 0 Å². The molecular formula is C15H8N3S. The van der Waals surface area contributed by atoms with Gasteiger partial charge in [0.25, 0.3) is 0 Å². The average molecular weight is 262 g/mol. The Morgan fingerprint density at radius 1 is 0.895 bits per heavy atom. The van der Waals surface area contributed by atoms with Crippen molar-refractivity contribution in [1.29, 1.82) is 0 Å². The molecule has 4 aromatic rings. The van der Waals surface area contributed by atoms with Crippen molar-refractivity contribution >= 4 is 32.5 Å². The van der Waals surface area contributed by atoms with Crippen LogP contribution in [-0.2, 0) is 0 Å². The molecule has 0 aliphatic rings. The summed E-state index contributed by atoms with van der Waals surface area (Å²) in [6.45, 7) is 0. The van der Waals surface area contributed by atoms with Crippen molar-refractivity contribution < 1.29 is 0 Å². The van der Waals surface area contributed by atoms with Crippen LogP contribution >= 0.6 is 11.3 Å². The van der Waals surface area contributed by atoms with Crippen molar-refractivity contribution in [3.8, 4) is 10.6 Å². The highest BCUT2D eigenvalue weighted by Gasteiger charge is 2.10. The molecule has 0 N–H and O–H groups in total. The van der Waals surface area contributed by atoms with Crippen LogP contribution in [0.3, 0.4) is 0 Å². The van der Waals surface area contributed by atoms with Gasteiger partial charge >= 0.3 is 0 Å². The van der Waals surface area contributed by atoms with Crippen LogP contribution in [0.4, 0.5) is 0 Å². The molecule has 2 heterocycles. The Kier molecular flexibility index (Phi) is 2.28. The summed E-state index contributed by atoms with van der Waals surface area (Å²) in [5.41, 5.74) is 2.80. The molecule has 0 aliphatic carbocycles. The van der Waals surface area contributed by atoms with E-state index >= 15 is 0 Å². The summed E-state index contributed by atoms with van der Waals surface area (Å²) in [7, 11) is 0. The lowest BCUT2D eigenvalue weighted by Crippen LogP contribution is -1.87. The van der Waals surface area contributed by atoms with E-state index in [9.17, 15) is 0 Å². The van der Waals surface area contributed by atoms with Crippen molar-refractivity contribution in [1.82, 2.24) is 15.2 Å². The molecule has 0 spiro atoms. The Labute approximate surface area is 113 Å². The number of nitrogens with zero attached hydrogens (tertiary/aromatic N) is 3. The van der Waals surface area contributed by atoms with Crippen LogP contribution in [0.2, 0.25) is 0 Å². The maximum absolute atomic E-state index is 4.65. The second-order valence-corrected chi connectivity index (χ2v) is 5.22. The molecule has 0 bridgehead atoms. The molecule has 0 amide bonds. The summed E-state index contributed by atoms with van der Waals surface area (Å²) >= 11 is 1.66. The van der Waals surface area contributed by atoms with Gasteiger partial charge in [0.15, 0.2) is 0 Å². The SMILES string of the molecule is [c]1nnc2ccccc2c1-c1nc2ccccc2s1. The van der Waals surface area contributed by atoms with Gasteiger partial charge in [0.05, 0.1) is 15.7 Å². The molecule has 0 saturated heterocycles. The average Bonchev–Trinajstić information content (AvgIpc) is 2.90. The zero-order chi connectivity index (χ0) is 12.7. The summed E-state index contributed by atoms with van der Waals surface area (Å²) in [6, 6.07) is 16.1. The molecule has 4 rings (SSSR count). The first kappa shape index (κ1) is 10.6. The van der Waals surface area contributed by atoms with Gasteiger partial charge in [-0.2, -0.15) is 0 Å². The lowest BCUT2D eigenvalue weighted by atomic mass is 10.1. The predicted molar refractivity (Wildman–Crippen MR) is 77.0 cm³/mol. The monoisotopic (exact) mass is 262 g/mol. The highest BCUT2D eigenvalue weighted by atomic mass is 32.1. The number of rotatable bonds is 1. The zero-order valence-corrected chi connectivity index (χ0v) is 10.7. The second-order valence-electron chi connectivity index (χ2n) is 4.19. The maximum Gasteiger partial charge on any atom is 0.127 e. The third kappa shape index (κ3) is 1.69. The van der Waals surface area contributed by atoms with Crippen LogP contribution in [0.1, 0.15) is 0 Å². The minimum Gasteiger partial charge on any atom is -0.236 e. The molecule has 0 fully saturated rings. The molecule has 3 nitrogen and oxygen atoms in total. The maximum atomic E-state index is 4.65. The first-order valence-corrected chi connectivity index (χ1v) is 6.72. The van der Waals surface area contributed by atoms with Crippen molar-refractivity contribution in [3.05, 3.63) is 54.7 Å². The summed E-state index contributed by atoms with van der Waals surface area (Å²) in [5.74, 6) is 0. The van der Waals surface area contributed by atoms with Gasteiger partial charge in [-0.25, -0.2) is 4.98 Å². The molecule has 0 unspecified atom stereocenters. The van der Waals surface area contributed by atoms with E-state index < -0.39 is 0 Å². The molecule has 1 radical (unpaired) electrons. The molecule has 19 heavy (non-hydrogen) atoms. The molecule has 2 aromatic heterocycles. The van der Waals surface area contributed by atoms with Gasteiger partial charge in [-0.1, -0.05) is 30.3 Å². The zero-order valence-electron chi connectivity index (χ0n) is 9.87. The number of benzene rings is 2. The predicted octanol–water partition coefficient (Wildman–Crippen LogP) is 3.71. The number of aromatic nitrogens is 3. The van der Waals surface area contributed by atoms with E-state index in [0.717, 1.165) is 27.0 Å². The van der Waals surface area contributed by atoms with E-state index in [0.29, 0.717) is 0 Å². The van der Waals surface area contributed by atoms with E-state index in [1.807, 2.05) is 42.5 Å². The first-order chi connectivity index (χ1) is 9.42. The van der Waals surface area contributed by atoms with Gasteiger partial charge in [0.1, 0.15) is 11.2 Å². The summed E-state index contributed by atoms with van der Waals surface area (Å²) < 4.78 is 1.17.